The largest absolute Gasteiger partial charge is 0.508 e. The Morgan fingerprint density at radius 1 is 1.41 bits per heavy atom. The van der Waals surface area contributed by atoms with E-state index in [0.717, 1.165) is 18.9 Å². The Morgan fingerprint density at radius 2 is 2.12 bits per heavy atom. The summed E-state index contributed by atoms with van der Waals surface area (Å²) in [6.07, 6.45) is 1.86. The molecule has 0 saturated heterocycles. The fourth-order valence-electron chi connectivity index (χ4n) is 2.00. The van der Waals surface area contributed by atoms with E-state index in [4.69, 9.17) is 10.8 Å². The molecule has 1 amide bonds. The zero-order chi connectivity index (χ0) is 12.4. The number of phenolic OH excluding ortho intramolecular Hbond substituents is 2. The van der Waals surface area contributed by atoms with E-state index in [1.165, 1.54) is 12.1 Å². The Balaban J connectivity index is 1.91. The number of nitrogens with two attached hydrogens (primary N) is 1. The molecule has 2 rings (SSSR count). The molecule has 5 nitrogen and oxygen atoms in total. The summed E-state index contributed by atoms with van der Waals surface area (Å²) < 4.78 is 0. The van der Waals surface area contributed by atoms with Gasteiger partial charge in [0.2, 0.25) is 0 Å². The first-order chi connectivity index (χ1) is 8.06. The first-order valence-electron chi connectivity index (χ1n) is 5.62. The first-order valence-corrected chi connectivity index (χ1v) is 5.62. The van der Waals surface area contributed by atoms with E-state index in [-0.39, 0.29) is 29.0 Å². The molecule has 0 unspecified atom stereocenters. The van der Waals surface area contributed by atoms with E-state index >= 15 is 0 Å². The Hall–Kier alpha value is -1.75. The molecule has 0 atom stereocenters. The minimum atomic E-state index is -0.331. The van der Waals surface area contributed by atoms with Crippen LogP contribution in [-0.4, -0.2) is 28.7 Å². The van der Waals surface area contributed by atoms with Gasteiger partial charge in [-0.25, -0.2) is 0 Å². The van der Waals surface area contributed by atoms with Crippen LogP contribution in [0.5, 0.6) is 11.5 Å². The molecule has 5 N–H and O–H groups in total. The van der Waals surface area contributed by atoms with Crippen LogP contribution in [0.1, 0.15) is 23.2 Å². The van der Waals surface area contributed by atoms with E-state index in [1.54, 1.807) is 0 Å². The van der Waals surface area contributed by atoms with Gasteiger partial charge in [0.05, 0.1) is 5.56 Å². The molecule has 0 radical (unpaired) electrons. The topological polar surface area (TPSA) is 95.6 Å². The normalized spacial score (nSPS) is 22.9. The summed E-state index contributed by atoms with van der Waals surface area (Å²) in [5, 5.41) is 21.4. The average molecular weight is 236 g/mol. The monoisotopic (exact) mass is 236 g/mol. The number of nitrogens with one attached hydrogen (secondary N) is 1. The third-order valence-corrected chi connectivity index (χ3v) is 3.05. The van der Waals surface area contributed by atoms with Gasteiger partial charge >= 0.3 is 0 Å². The third kappa shape index (κ3) is 2.68. The van der Waals surface area contributed by atoms with Crippen LogP contribution < -0.4 is 11.1 Å². The van der Waals surface area contributed by atoms with Gasteiger partial charge in [0, 0.05) is 18.7 Å². The van der Waals surface area contributed by atoms with E-state index < -0.39 is 0 Å². The van der Waals surface area contributed by atoms with Crippen molar-refractivity contribution in [1.29, 1.82) is 0 Å². The van der Waals surface area contributed by atoms with E-state index in [1.807, 2.05) is 0 Å². The first kappa shape index (κ1) is 11.7. The van der Waals surface area contributed by atoms with Crippen LogP contribution >= 0.6 is 0 Å². The summed E-state index contributed by atoms with van der Waals surface area (Å²) in [7, 11) is 0. The summed E-state index contributed by atoms with van der Waals surface area (Å²) in [4.78, 5) is 11.7. The van der Waals surface area contributed by atoms with Crippen LogP contribution in [0.4, 0.5) is 0 Å². The standard InChI is InChI=1S/C12H16N2O3/c13-8-3-7(4-8)6-14-12(17)10-2-1-9(15)5-11(10)16/h1-2,5,7-8,15-16H,3-4,6,13H2,(H,14,17). The number of carbonyl (C=O) groups excluding carboxylic acids is 1. The lowest BCUT2D eigenvalue weighted by molar-refractivity contribution is 0.0932. The molecule has 1 aromatic rings. The van der Waals surface area contributed by atoms with Gasteiger partial charge in [0.15, 0.2) is 0 Å². The molecule has 0 bridgehead atoms. The van der Waals surface area contributed by atoms with Crippen molar-refractivity contribution >= 4 is 5.91 Å². The Bertz CT molecular complexity index is 428. The lowest BCUT2D eigenvalue weighted by Gasteiger charge is -2.32. The van der Waals surface area contributed by atoms with Gasteiger partial charge in [0.1, 0.15) is 11.5 Å². The summed E-state index contributed by atoms with van der Waals surface area (Å²) >= 11 is 0. The summed E-state index contributed by atoms with van der Waals surface area (Å²) in [5.41, 5.74) is 5.82. The quantitative estimate of drug-likeness (QED) is 0.616. The molecule has 1 saturated carbocycles. The minimum Gasteiger partial charge on any atom is -0.508 e. The number of phenols is 2. The van der Waals surface area contributed by atoms with E-state index in [0.29, 0.717) is 12.5 Å². The average Bonchev–Trinajstić information content (AvgIpc) is 2.22. The van der Waals surface area contributed by atoms with Gasteiger partial charge in [-0.05, 0) is 30.9 Å². The molecular formula is C12H16N2O3. The summed E-state index contributed by atoms with van der Waals surface area (Å²) in [6.45, 7) is 0.576. The maximum atomic E-state index is 11.7. The zero-order valence-corrected chi connectivity index (χ0v) is 9.39. The number of aromatic hydroxyl groups is 2. The van der Waals surface area contributed by atoms with Crippen LogP contribution in [-0.2, 0) is 0 Å². The molecule has 1 fully saturated rings. The molecule has 1 aliphatic rings. The Kier molecular flexibility index (Phi) is 3.19. The van der Waals surface area contributed by atoms with Gasteiger partial charge < -0.3 is 21.3 Å². The molecule has 1 aromatic carbocycles. The third-order valence-electron chi connectivity index (χ3n) is 3.05. The van der Waals surface area contributed by atoms with Crippen molar-refractivity contribution in [2.45, 2.75) is 18.9 Å². The van der Waals surface area contributed by atoms with Crippen molar-refractivity contribution < 1.29 is 15.0 Å². The zero-order valence-electron chi connectivity index (χ0n) is 9.39. The Labute approximate surface area is 99.3 Å². The van der Waals surface area contributed by atoms with Crippen molar-refractivity contribution in [2.75, 3.05) is 6.54 Å². The van der Waals surface area contributed by atoms with Gasteiger partial charge in [-0.15, -0.1) is 0 Å². The number of hydrogen-bond donors (Lipinski definition) is 4. The SMILES string of the molecule is NC1CC(CNC(=O)c2ccc(O)cc2O)C1. The van der Waals surface area contributed by atoms with Crippen LogP contribution in [0.15, 0.2) is 18.2 Å². The van der Waals surface area contributed by atoms with Crippen LogP contribution in [0.25, 0.3) is 0 Å². The molecule has 5 heteroatoms. The highest BCUT2D eigenvalue weighted by Gasteiger charge is 2.26. The highest BCUT2D eigenvalue weighted by Crippen LogP contribution is 2.25. The van der Waals surface area contributed by atoms with Gasteiger partial charge in [-0.1, -0.05) is 0 Å². The molecule has 0 aromatic heterocycles. The number of benzene rings is 1. The van der Waals surface area contributed by atoms with Crippen LogP contribution in [0, 0.1) is 5.92 Å². The number of rotatable bonds is 3. The highest BCUT2D eigenvalue weighted by atomic mass is 16.3. The predicted molar refractivity (Wildman–Crippen MR) is 62.8 cm³/mol. The smallest absolute Gasteiger partial charge is 0.255 e. The van der Waals surface area contributed by atoms with Gasteiger partial charge in [-0.3, -0.25) is 4.79 Å². The van der Waals surface area contributed by atoms with Crippen molar-refractivity contribution in [2.24, 2.45) is 11.7 Å². The second-order valence-corrected chi connectivity index (χ2v) is 4.51. The molecule has 0 spiro atoms. The van der Waals surface area contributed by atoms with Crippen LogP contribution in [0.2, 0.25) is 0 Å². The molecule has 17 heavy (non-hydrogen) atoms. The summed E-state index contributed by atoms with van der Waals surface area (Å²) in [5.74, 6) is -0.173. The fourth-order valence-corrected chi connectivity index (χ4v) is 2.00. The summed E-state index contributed by atoms with van der Waals surface area (Å²) in [6, 6.07) is 4.17. The maximum absolute atomic E-state index is 11.7. The fraction of sp³-hybridized carbons (Fsp3) is 0.417. The Morgan fingerprint density at radius 3 is 2.71 bits per heavy atom. The predicted octanol–water partition coefficient (Wildman–Crippen LogP) is 0.565. The minimum absolute atomic E-state index is 0.0657. The number of carbonyl (C=O) groups is 1. The van der Waals surface area contributed by atoms with Crippen molar-refractivity contribution in [3.05, 3.63) is 23.8 Å². The van der Waals surface area contributed by atoms with E-state index in [9.17, 15) is 9.90 Å². The molecule has 0 heterocycles. The molecule has 0 aliphatic heterocycles. The molecule has 1 aliphatic carbocycles. The molecule has 92 valence electrons. The van der Waals surface area contributed by atoms with Crippen molar-refractivity contribution in [3.63, 3.8) is 0 Å². The number of hydrogen-bond acceptors (Lipinski definition) is 4. The lowest BCUT2D eigenvalue weighted by Crippen LogP contribution is -2.42. The highest BCUT2D eigenvalue weighted by molar-refractivity contribution is 5.96. The molecular weight excluding hydrogens is 220 g/mol. The second-order valence-electron chi connectivity index (χ2n) is 4.51. The maximum Gasteiger partial charge on any atom is 0.255 e. The number of amides is 1. The van der Waals surface area contributed by atoms with Crippen molar-refractivity contribution in [3.8, 4) is 11.5 Å². The van der Waals surface area contributed by atoms with Gasteiger partial charge in [0.25, 0.3) is 5.91 Å². The lowest BCUT2D eigenvalue weighted by atomic mass is 9.81. The van der Waals surface area contributed by atoms with Crippen molar-refractivity contribution in [1.82, 2.24) is 5.32 Å². The van der Waals surface area contributed by atoms with E-state index in [2.05, 4.69) is 5.32 Å². The van der Waals surface area contributed by atoms with Gasteiger partial charge in [-0.2, -0.15) is 0 Å². The second kappa shape index (κ2) is 4.63. The van der Waals surface area contributed by atoms with Crippen LogP contribution in [0.3, 0.4) is 0 Å².